The minimum absolute atomic E-state index is 0.148. The number of ether oxygens (including phenoxy) is 1. The van der Waals surface area contributed by atoms with Crippen LogP contribution in [-0.2, 0) is 9.84 Å². The molecule has 1 aliphatic heterocycles. The maximum absolute atomic E-state index is 12.2. The van der Waals surface area contributed by atoms with Crippen molar-refractivity contribution in [2.45, 2.75) is 18.1 Å². The van der Waals surface area contributed by atoms with Crippen LogP contribution in [0.2, 0.25) is 0 Å². The Labute approximate surface area is 111 Å². The average Bonchev–Trinajstić information content (AvgIpc) is 2.39. The van der Waals surface area contributed by atoms with Crippen molar-refractivity contribution in [3.05, 3.63) is 29.8 Å². The summed E-state index contributed by atoms with van der Waals surface area (Å²) in [5, 5.41) is 7.27. The molecule has 2 rings (SSSR count). The molecule has 19 heavy (non-hydrogen) atoms. The lowest BCUT2D eigenvalue weighted by atomic mass is 10.1. The van der Waals surface area contributed by atoms with Crippen LogP contribution in [0.1, 0.15) is 23.2 Å². The van der Waals surface area contributed by atoms with Gasteiger partial charge in [-0.3, -0.25) is 4.79 Å². The Bertz CT molecular complexity index is 630. The fourth-order valence-electron chi connectivity index (χ4n) is 1.97. The summed E-state index contributed by atoms with van der Waals surface area (Å²) >= 11 is 0. The first-order chi connectivity index (χ1) is 9.06. The summed E-state index contributed by atoms with van der Waals surface area (Å²) < 4.78 is 29.5. The fraction of sp³-hybridized carbons (Fsp3) is 0.385. The normalized spacial score (nSPS) is 18.3. The zero-order valence-electron chi connectivity index (χ0n) is 10.2. The summed E-state index contributed by atoms with van der Waals surface area (Å²) in [5.41, 5.74) is 0.308. The van der Waals surface area contributed by atoms with E-state index in [9.17, 15) is 13.2 Å². The predicted octanol–water partition coefficient (Wildman–Crippen LogP) is 1.35. The van der Waals surface area contributed by atoms with Gasteiger partial charge in [0.05, 0.1) is 17.4 Å². The largest absolute Gasteiger partial charge is 0.491 e. The number of carbonyl (C=O) groups is 1. The zero-order valence-corrected chi connectivity index (χ0v) is 11.0. The Hall–Kier alpha value is -1.87. The van der Waals surface area contributed by atoms with Crippen LogP contribution in [0, 0.1) is 11.3 Å². The molecule has 0 bridgehead atoms. The molecule has 1 unspecified atom stereocenters. The molecule has 0 amide bonds. The number of carbonyl (C=O) groups excluding carboxylic acids is 1. The summed E-state index contributed by atoms with van der Waals surface area (Å²) in [4.78, 5) is 12.2. The van der Waals surface area contributed by atoms with Gasteiger partial charge in [0.1, 0.15) is 12.4 Å². The van der Waals surface area contributed by atoms with E-state index >= 15 is 0 Å². The van der Waals surface area contributed by atoms with E-state index in [4.69, 9.17) is 10.00 Å². The molecule has 0 radical (unpaired) electrons. The number of fused-ring (bicyclic) bond motifs is 1. The van der Waals surface area contributed by atoms with E-state index in [-0.39, 0.29) is 25.2 Å². The van der Waals surface area contributed by atoms with Crippen LogP contribution in [0.5, 0.6) is 5.75 Å². The van der Waals surface area contributed by atoms with Gasteiger partial charge >= 0.3 is 0 Å². The SMILES string of the molecule is N#CCCCS(=O)(=O)C1COc2ccccc2C1=O. The Kier molecular flexibility index (Phi) is 3.86. The van der Waals surface area contributed by atoms with Gasteiger partial charge in [-0.15, -0.1) is 0 Å². The number of sulfone groups is 1. The molecule has 1 heterocycles. The Morgan fingerprint density at radius 1 is 1.37 bits per heavy atom. The van der Waals surface area contributed by atoms with Crippen LogP contribution in [0.4, 0.5) is 0 Å². The number of unbranched alkanes of at least 4 members (excludes halogenated alkanes) is 1. The van der Waals surface area contributed by atoms with E-state index in [0.717, 1.165) is 0 Å². The van der Waals surface area contributed by atoms with E-state index in [2.05, 4.69) is 0 Å². The molecule has 1 aromatic rings. The molecular formula is C13H13NO4S. The molecule has 5 nitrogen and oxygen atoms in total. The van der Waals surface area contributed by atoms with Gasteiger partial charge in [0.2, 0.25) is 0 Å². The van der Waals surface area contributed by atoms with Crippen LogP contribution in [0.3, 0.4) is 0 Å². The van der Waals surface area contributed by atoms with Crippen LogP contribution in [-0.4, -0.2) is 31.8 Å². The van der Waals surface area contributed by atoms with Crippen molar-refractivity contribution in [2.24, 2.45) is 0 Å². The lowest BCUT2D eigenvalue weighted by molar-refractivity contribution is 0.0939. The quantitative estimate of drug-likeness (QED) is 0.777. The van der Waals surface area contributed by atoms with Crippen molar-refractivity contribution in [1.29, 1.82) is 5.26 Å². The number of nitriles is 1. The lowest BCUT2D eigenvalue weighted by Crippen LogP contribution is -2.40. The van der Waals surface area contributed by atoms with Crippen molar-refractivity contribution < 1.29 is 17.9 Å². The van der Waals surface area contributed by atoms with Crippen LogP contribution < -0.4 is 4.74 Å². The first-order valence-corrected chi connectivity index (χ1v) is 7.62. The standard InChI is InChI=1S/C13H13NO4S/c14-7-3-4-8-19(16,17)12-9-18-11-6-2-1-5-10(11)13(12)15/h1-2,5-6,12H,3-4,8-9H2. The number of Topliss-reactive ketones (excluding diaryl/α,β-unsaturated/α-hetero) is 1. The fourth-order valence-corrected chi connectivity index (χ4v) is 3.53. The molecule has 0 aliphatic carbocycles. The minimum atomic E-state index is -3.57. The van der Waals surface area contributed by atoms with Gasteiger partial charge in [0.15, 0.2) is 20.9 Å². The van der Waals surface area contributed by atoms with Crippen LogP contribution >= 0.6 is 0 Å². The third kappa shape index (κ3) is 2.76. The topological polar surface area (TPSA) is 84.2 Å². The van der Waals surface area contributed by atoms with E-state index in [0.29, 0.717) is 11.3 Å². The van der Waals surface area contributed by atoms with Crippen molar-refractivity contribution >= 4 is 15.6 Å². The van der Waals surface area contributed by atoms with Crippen molar-refractivity contribution in [1.82, 2.24) is 0 Å². The molecule has 100 valence electrons. The highest BCUT2D eigenvalue weighted by Crippen LogP contribution is 2.27. The smallest absolute Gasteiger partial charge is 0.188 e. The van der Waals surface area contributed by atoms with Crippen LogP contribution in [0.25, 0.3) is 0 Å². The van der Waals surface area contributed by atoms with Crippen molar-refractivity contribution in [3.8, 4) is 11.8 Å². The van der Waals surface area contributed by atoms with E-state index in [1.54, 1.807) is 24.3 Å². The Morgan fingerprint density at radius 2 is 2.11 bits per heavy atom. The second kappa shape index (κ2) is 5.41. The summed E-state index contributed by atoms with van der Waals surface area (Å²) in [6, 6.07) is 8.50. The molecule has 6 heteroatoms. The van der Waals surface area contributed by atoms with Gasteiger partial charge in [-0.2, -0.15) is 5.26 Å². The maximum atomic E-state index is 12.2. The molecule has 0 saturated heterocycles. The number of nitrogens with zero attached hydrogens (tertiary/aromatic N) is 1. The maximum Gasteiger partial charge on any atom is 0.188 e. The molecule has 1 aliphatic rings. The van der Waals surface area contributed by atoms with Gasteiger partial charge in [-0.1, -0.05) is 12.1 Å². The van der Waals surface area contributed by atoms with Crippen molar-refractivity contribution in [3.63, 3.8) is 0 Å². The lowest BCUT2D eigenvalue weighted by Gasteiger charge is -2.23. The number of para-hydroxylation sites is 1. The molecule has 0 N–H and O–H groups in total. The van der Waals surface area contributed by atoms with E-state index in [1.807, 2.05) is 6.07 Å². The number of benzene rings is 1. The molecule has 1 atom stereocenters. The predicted molar refractivity (Wildman–Crippen MR) is 68.7 cm³/mol. The monoisotopic (exact) mass is 279 g/mol. The van der Waals surface area contributed by atoms with Crippen molar-refractivity contribution in [2.75, 3.05) is 12.4 Å². The third-order valence-corrected chi connectivity index (χ3v) is 5.06. The van der Waals surface area contributed by atoms with Gasteiger partial charge in [-0.25, -0.2) is 8.42 Å². The first kappa shape index (κ1) is 13.6. The number of ketones is 1. The third-order valence-electron chi connectivity index (χ3n) is 2.99. The highest BCUT2D eigenvalue weighted by atomic mass is 32.2. The summed E-state index contributed by atoms with van der Waals surface area (Å²) in [6.45, 7) is -0.148. The van der Waals surface area contributed by atoms with Gasteiger partial charge in [-0.05, 0) is 18.6 Å². The van der Waals surface area contributed by atoms with Crippen LogP contribution in [0.15, 0.2) is 24.3 Å². The molecule has 0 aromatic heterocycles. The number of hydrogen-bond donors (Lipinski definition) is 0. The number of hydrogen-bond acceptors (Lipinski definition) is 5. The summed E-state index contributed by atoms with van der Waals surface area (Å²) in [7, 11) is -3.57. The van der Waals surface area contributed by atoms with Gasteiger partial charge in [0, 0.05) is 6.42 Å². The minimum Gasteiger partial charge on any atom is -0.491 e. The van der Waals surface area contributed by atoms with E-state index in [1.165, 1.54) is 0 Å². The van der Waals surface area contributed by atoms with Gasteiger partial charge < -0.3 is 4.74 Å². The summed E-state index contributed by atoms with van der Waals surface area (Å²) in [6.07, 6.45) is 0.405. The average molecular weight is 279 g/mol. The zero-order chi connectivity index (χ0) is 13.9. The Balaban J connectivity index is 2.20. The molecule has 1 aromatic carbocycles. The van der Waals surface area contributed by atoms with Gasteiger partial charge in [0.25, 0.3) is 0 Å². The second-order valence-corrected chi connectivity index (χ2v) is 6.59. The molecular weight excluding hydrogens is 266 g/mol. The molecule has 0 fully saturated rings. The molecule has 0 spiro atoms. The first-order valence-electron chi connectivity index (χ1n) is 5.91. The highest BCUT2D eigenvalue weighted by molar-refractivity contribution is 7.92. The molecule has 0 saturated carbocycles. The van der Waals surface area contributed by atoms with E-state index < -0.39 is 20.9 Å². The second-order valence-electron chi connectivity index (χ2n) is 4.29. The Morgan fingerprint density at radius 3 is 2.84 bits per heavy atom. The number of rotatable bonds is 4. The summed E-state index contributed by atoms with van der Waals surface area (Å²) in [5.74, 6) is -0.155. The highest BCUT2D eigenvalue weighted by Gasteiger charge is 2.37.